The van der Waals surface area contributed by atoms with E-state index in [9.17, 15) is 4.79 Å². The minimum Gasteiger partial charge on any atom is -0.445 e. The third-order valence-electron chi connectivity index (χ3n) is 1.69. The fraction of sp³-hybridized carbons (Fsp3) is 0.889. The van der Waals surface area contributed by atoms with E-state index in [2.05, 4.69) is 29.0 Å². The van der Waals surface area contributed by atoms with Crippen LogP contribution in [0.3, 0.4) is 0 Å². The van der Waals surface area contributed by atoms with E-state index < -0.39 is 18.7 Å². The highest BCUT2D eigenvalue weighted by Gasteiger charge is 2.27. The average molecular weight is 302 g/mol. The molecule has 0 saturated carbocycles. The summed E-state index contributed by atoms with van der Waals surface area (Å²) in [5.74, 6) is -0.303. The van der Waals surface area contributed by atoms with Crippen molar-refractivity contribution in [2.45, 2.75) is 49.3 Å². The van der Waals surface area contributed by atoms with E-state index in [0.717, 1.165) is 12.5 Å². The van der Waals surface area contributed by atoms with Crippen LogP contribution in [0.2, 0.25) is 19.1 Å². The molecular weight excluding hydrogens is 284 g/mol. The van der Waals surface area contributed by atoms with E-state index in [4.69, 9.17) is 16.3 Å². The second-order valence-electron chi connectivity index (χ2n) is 4.26. The van der Waals surface area contributed by atoms with Gasteiger partial charge in [-0.25, -0.2) is 0 Å². The predicted molar refractivity (Wildman–Crippen MR) is 67.0 cm³/mol. The maximum absolute atomic E-state index is 11.4. The SMILES string of the molecule is C[SiH](C)CCC(Cl)OC(=O)C(C)(C)Br. The van der Waals surface area contributed by atoms with Crippen LogP contribution in [-0.2, 0) is 9.53 Å². The molecule has 0 aliphatic rings. The van der Waals surface area contributed by atoms with Crippen LogP contribution in [0.4, 0.5) is 0 Å². The van der Waals surface area contributed by atoms with Gasteiger partial charge < -0.3 is 4.74 Å². The Hall–Kier alpha value is 0.457. The van der Waals surface area contributed by atoms with Crippen LogP contribution in [0.15, 0.2) is 0 Å². The van der Waals surface area contributed by atoms with Crippen LogP contribution < -0.4 is 0 Å². The monoisotopic (exact) mass is 300 g/mol. The van der Waals surface area contributed by atoms with Crippen LogP contribution in [0, 0.1) is 0 Å². The Morgan fingerprint density at radius 2 is 2.07 bits per heavy atom. The number of halogens is 2. The molecule has 1 atom stereocenters. The van der Waals surface area contributed by atoms with Crippen molar-refractivity contribution in [1.29, 1.82) is 0 Å². The standard InChI is InChI=1S/C9H18BrClO2Si/c1-9(2,10)8(12)13-7(11)5-6-14(3)4/h7,14H,5-6H2,1-4H3. The van der Waals surface area contributed by atoms with Crippen molar-refractivity contribution >= 4 is 42.3 Å². The number of carbonyl (C=O) groups is 1. The number of rotatable bonds is 5. The van der Waals surface area contributed by atoms with E-state index in [1.54, 1.807) is 13.8 Å². The number of carbonyl (C=O) groups excluding carboxylic acids is 1. The molecule has 0 amide bonds. The number of ether oxygens (including phenoxy) is 1. The molecule has 84 valence electrons. The summed E-state index contributed by atoms with van der Waals surface area (Å²) in [6, 6.07) is 1.10. The molecule has 0 aliphatic heterocycles. The Labute approximate surface area is 101 Å². The molecule has 1 unspecified atom stereocenters. The Bertz CT molecular complexity index is 192. The first kappa shape index (κ1) is 14.5. The Morgan fingerprint density at radius 1 is 1.57 bits per heavy atom. The van der Waals surface area contributed by atoms with Gasteiger partial charge in [-0.2, -0.15) is 0 Å². The Balaban J connectivity index is 3.83. The first-order valence-corrected chi connectivity index (χ1v) is 9.13. The molecular formula is C9H18BrClO2Si. The van der Waals surface area contributed by atoms with E-state index in [-0.39, 0.29) is 5.97 Å². The normalized spacial score (nSPS) is 14.2. The molecule has 0 heterocycles. The summed E-state index contributed by atoms with van der Waals surface area (Å²) in [4.78, 5) is 11.4. The van der Waals surface area contributed by atoms with Gasteiger partial charge >= 0.3 is 5.97 Å². The fourth-order valence-corrected chi connectivity index (χ4v) is 2.26. The minimum absolute atomic E-state index is 0.303. The first-order valence-electron chi connectivity index (χ1n) is 4.77. The molecule has 0 aromatic rings. The van der Waals surface area contributed by atoms with Gasteiger partial charge in [-0.15, -0.1) is 0 Å². The molecule has 0 saturated heterocycles. The van der Waals surface area contributed by atoms with Crippen molar-refractivity contribution in [3.8, 4) is 0 Å². The lowest BCUT2D eigenvalue weighted by atomic mass is 10.2. The number of hydrogen-bond donors (Lipinski definition) is 0. The summed E-state index contributed by atoms with van der Waals surface area (Å²) in [6.07, 6.45) is 0.764. The summed E-state index contributed by atoms with van der Waals surface area (Å²) >= 11 is 9.11. The number of alkyl halides is 2. The molecule has 0 bridgehead atoms. The zero-order chi connectivity index (χ0) is 11.4. The van der Waals surface area contributed by atoms with E-state index in [0.29, 0.717) is 0 Å². The molecule has 0 rings (SSSR count). The van der Waals surface area contributed by atoms with Crippen LogP contribution in [0.1, 0.15) is 20.3 Å². The topological polar surface area (TPSA) is 26.3 Å². The maximum atomic E-state index is 11.4. The van der Waals surface area contributed by atoms with Gasteiger partial charge in [0.05, 0.1) is 0 Å². The summed E-state index contributed by atoms with van der Waals surface area (Å²) in [6.45, 7) is 7.99. The summed E-state index contributed by atoms with van der Waals surface area (Å²) in [5, 5.41) is 0. The molecule has 0 aliphatic carbocycles. The zero-order valence-corrected chi connectivity index (χ0v) is 12.6. The zero-order valence-electron chi connectivity index (χ0n) is 9.14. The highest BCUT2D eigenvalue weighted by atomic mass is 79.9. The molecule has 0 fully saturated rings. The molecule has 14 heavy (non-hydrogen) atoms. The van der Waals surface area contributed by atoms with Crippen molar-refractivity contribution in [2.24, 2.45) is 0 Å². The van der Waals surface area contributed by atoms with Gasteiger partial charge in [-0.3, -0.25) is 4.79 Å². The van der Waals surface area contributed by atoms with Gasteiger partial charge in [0, 0.05) is 8.80 Å². The van der Waals surface area contributed by atoms with Crippen LogP contribution in [0.25, 0.3) is 0 Å². The fourth-order valence-electron chi connectivity index (χ4n) is 0.780. The van der Waals surface area contributed by atoms with Gasteiger partial charge in [0.25, 0.3) is 0 Å². The number of esters is 1. The van der Waals surface area contributed by atoms with Crippen molar-refractivity contribution in [2.75, 3.05) is 0 Å². The second kappa shape index (κ2) is 6.13. The third kappa shape index (κ3) is 6.84. The Morgan fingerprint density at radius 3 is 2.43 bits per heavy atom. The van der Waals surface area contributed by atoms with Crippen LogP contribution in [-0.4, -0.2) is 24.7 Å². The van der Waals surface area contributed by atoms with E-state index >= 15 is 0 Å². The quantitative estimate of drug-likeness (QED) is 0.443. The van der Waals surface area contributed by atoms with Crippen LogP contribution in [0.5, 0.6) is 0 Å². The van der Waals surface area contributed by atoms with Gasteiger partial charge in [0.1, 0.15) is 4.32 Å². The van der Waals surface area contributed by atoms with E-state index in [1.165, 1.54) is 0 Å². The molecule has 0 radical (unpaired) electrons. The number of hydrogen-bond acceptors (Lipinski definition) is 2. The molecule has 5 heteroatoms. The second-order valence-corrected chi connectivity index (χ2v) is 10.1. The lowest BCUT2D eigenvalue weighted by Crippen LogP contribution is -2.29. The van der Waals surface area contributed by atoms with Crippen molar-refractivity contribution in [3.63, 3.8) is 0 Å². The van der Waals surface area contributed by atoms with Crippen LogP contribution >= 0.6 is 27.5 Å². The van der Waals surface area contributed by atoms with E-state index in [1.807, 2.05) is 0 Å². The van der Waals surface area contributed by atoms with Crippen molar-refractivity contribution in [1.82, 2.24) is 0 Å². The molecule has 2 nitrogen and oxygen atoms in total. The summed E-state index contributed by atoms with van der Waals surface area (Å²) < 4.78 is 4.42. The maximum Gasteiger partial charge on any atom is 0.323 e. The lowest BCUT2D eigenvalue weighted by Gasteiger charge is -2.18. The lowest BCUT2D eigenvalue weighted by molar-refractivity contribution is -0.147. The van der Waals surface area contributed by atoms with Crippen molar-refractivity contribution < 1.29 is 9.53 Å². The van der Waals surface area contributed by atoms with Gasteiger partial charge in [0.2, 0.25) is 0 Å². The van der Waals surface area contributed by atoms with Gasteiger partial charge in [0.15, 0.2) is 5.56 Å². The molecule has 0 N–H and O–H groups in total. The minimum atomic E-state index is -0.643. The molecule has 0 spiro atoms. The highest BCUT2D eigenvalue weighted by Crippen LogP contribution is 2.20. The first-order chi connectivity index (χ1) is 6.23. The highest BCUT2D eigenvalue weighted by molar-refractivity contribution is 9.10. The molecule has 0 aromatic carbocycles. The average Bonchev–Trinajstić information content (AvgIpc) is 1.99. The summed E-state index contributed by atoms with van der Waals surface area (Å²) in [7, 11) is -0.601. The van der Waals surface area contributed by atoms with Crippen molar-refractivity contribution in [3.05, 3.63) is 0 Å². The smallest absolute Gasteiger partial charge is 0.323 e. The molecule has 0 aromatic heterocycles. The predicted octanol–water partition coefficient (Wildman–Crippen LogP) is 3.14. The summed E-state index contributed by atoms with van der Waals surface area (Å²) in [5.41, 5.74) is -0.478. The van der Waals surface area contributed by atoms with Gasteiger partial charge in [-0.1, -0.05) is 46.7 Å². The Kier molecular flexibility index (Phi) is 6.33. The van der Waals surface area contributed by atoms with Gasteiger partial charge in [-0.05, 0) is 20.3 Å². The largest absolute Gasteiger partial charge is 0.445 e. The third-order valence-corrected chi connectivity index (χ3v) is 3.81.